The van der Waals surface area contributed by atoms with E-state index in [-0.39, 0.29) is 5.91 Å². The van der Waals surface area contributed by atoms with Gasteiger partial charge in [-0.3, -0.25) is 9.89 Å². The van der Waals surface area contributed by atoms with Crippen molar-refractivity contribution >= 4 is 22.9 Å². The molecule has 2 aromatic heterocycles. The number of amides is 1. The number of hydrogen-bond acceptors (Lipinski definition) is 4. The number of hydrazone groups is 1. The fourth-order valence-corrected chi connectivity index (χ4v) is 3.98. The quantitative estimate of drug-likeness (QED) is 0.308. The SMILES string of the molecule is Cc1nn(-c2ccccc2)c(C)c1-c1cc(C(=O)NN=Cc2cccc3ccccc23)[nH]n1. The van der Waals surface area contributed by atoms with Gasteiger partial charge in [-0.25, -0.2) is 10.1 Å². The second-order valence-electron chi connectivity index (χ2n) is 7.73. The van der Waals surface area contributed by atoms with Gasteiger partial charge in [0.05, 0.1) is 29.0 Å². The third-order valence-electron chi connectivity index (χ3n) is 5.56. The first-order valence-corrected chi connectivity index (χ1v) is 10.6. The summed E-state index contributed by atoms with van der Waals surface area (Å²) in [6.45, 7) is 3.93. The summed E-state index contributed by atoms with van der Waals surface area (Å²) in [6.07, 6.45) is 1.65. The number of nitrogens with one attached hydrogen (secondary N) is 2. The number of H-pyrrole nitrogens is 1. The van der Waals surface area contributed by atoms with Crippen LogP contribution in [0.25, 0.3) is 27.7 Å². The van der Waals surface area contributed by atoms with Gasteiger partial charge in [-0.15, -0.1) is 0 Å². The van der Waals surface area contributed by atoms with Crippen molar-refractivity contribution in [3.63, 3.8) is 0 Å². The average molecular weight is 435 g/mol. The van der Waals surface area contributed by atoms with Crippen LogP contribution in [0.5, 0.6) is 0 Å². The first-order chi connectivity index (χ1) is 16.1. The van der Waals surface area contributed by atoms with Gasteiger partial charge in [0.25, 0.3) is 5.91 Å². The van der Waals surface area contributed by atoms with Crippen LogP contribution in [0.3, 0.4) is 0 Å². The lowest BCUT2D eigenvalue weighted by Crippen LogP contribution is -2.18. The van der Waals surface area contributed by atoms with Crippen LogP contribution in [0.15, 0.2) is 84.0 Å². The summed E-state index contributed by atoms with van der Waals surface area (Å²) in [5.74, 6) is -0.365. The number of aromatic amines is 1. The first kappa shape index (κ1) is 20.4. The maximum atomic E-state index is 12.6. The topological polar surface area (TPSA) is 88.0 Å². The van der Waals surface area contributed by atoms with Crippen molar-refractivity contribution in [2.24, 2.45) is 5.10 Å². The van der Waals surface area contributed by atoms with E-state index in [1.807, 2.05) is 91.3 Å². The highest BCUT2D eigenvalue weighted by atomic mass is 16.2. The van der Waals surface area contributed by atoms with Crippen molar-refractivity contribution in [2.45, 2.75) is 13.8 Å². The minimum atomic E-state index is -0.365. The van der Waals surface area contributed by atoms with Gasteiger partial charge in [-0.2, -0.15) is 15.3 Å². The van der Waals surface area contributed by atoms with Crippen molar-refractivity contribution in [1.82, 2.24) is 25.4 Å². The zero-order chi connectivity index (χ0) is 22.8. The molecule has 0 aliphatic rings. The minimum Gasteiger partial charge on any atom is -0.272 e. The molecule has 5 aromatic rings. The molecule has 0 radical (unpaired) electrons. The summed E-state index contributed by atoms with van der Waals surface area (Å²) in [6, 6.07) is 25.6. The van der Waals surface area contributed by atoms with E-state index in [4.69, 9.17) is 0 Å². The van der Waals surface area contributed by atoms with E-state index in [2.05, 4.69) is 25.8 Å². The van der Waals surface area contributed by atoms with Gasteiger partial charge in [0, 0.05) is 11.1 Å². The molecular formula is C26H22N6O. The number of rotatable bonds is 5. The van der Waals surface area contributed by atoms with Gasteiger partial charge in [0.15, 0.2) is 0 Å². The number of hydrogen-bond donors (Lipinski definition) is 2. The Morgan fingerprint density at radius 1 is 1.00 bits per heavy atom. The summed E-state index contributed by atoms with van der Waals surface area (Å²) in [4.78, 5) is 12.6. The molecule has 3 aromatic carbocycles. The molecule has 0 bridgehead atoms. The van der Waals surface area contributed by atoms with Gasteiger partial charge >= 0.3 is 0 Å². The number of carbonyl (C=O) groups excluding carboxylic acids is 1. The lowest BCUT2D eigenvalue weighted by atomic mass is 10.1. The summed E-state index contributed by atoms with van der Waals surface area (Å²) >= 11 is 0. The van der Waals surface area contributed by atoms with E-state index in [1.54, 1.807) is 12.3 Å². The molecule has 5 rings (SSSR count). The van der Waals surface area contributed by atoms with Crippen LogP contribution in [0.1, 0.15) is 27.4 Å². The van der Waals surface area contributed by atoms with E-state index < -0.39 is 0 Å². The fourth-order valence-electron chi connectivity index (χ4n) is 3.98. The largest absolute Gasteiger partial charge is 0.289 e. The van der Waals surface area contributed by atoms with Crippen LogP contribution in [-0.4, -0.2) is 32.1 Å². The number of fused-ring (bicyclic) bond motifs is 1. The minimum absolute atomic E-state index is 0.325. The molecule has 0 saturated heterocycles. The first-order valence-electron chi connectivity index (χ1n) is 10.6. The van der Waals surface area contributed by atoms with Crippen molar-refractivity contribution < 1.29 is 4.79 Å². The second kappa shape index (κ2) is 8.55. The summed E-state index contributed by atoms with van der Waals surface area (Å²) in [7, 11) is 0. The molecule has 7 nitrogen and oxygen atoms in total. The Bertz CT molecular complexity index is 1470. The van der Waals surface area contributed by atoms with Gasteiger partial charge in [-0.05, 0) is 42.8 Å². The number of aryl methyl sites for hydroxylation is 1. The van der Waals surface area contributed by atoms with Crippen LogP contribution in [0.2, 0.25) is 0 Å². The highest BCUT2D eigenvalue weighted by molar-refractivity contribution is 6.00. The molecule has 162 valence electrons. The zero-order valence-electron chi connectivity index (χ0n) is 18.3. The Morgan fingerprint density at radius 2 is 1.76 bits per heavy atom. The van der Waals surface area contributed by atoms with E-state index >= 15 is 0 Å². The van der Waals surface area contributed by atoms with Crippen molar-refractivity contribution in [2.75, 3.05) is 0 Å². The Balaban J connectivity index is 1.35. The third kappa shape index (κ3) is 3.92. The molecule has 0 aliphatic carbocycles. The van der Waals surface area contributed by atoms with Gasteiger partial charge < -0.3 is 0 Å². The summed E-state index contributed by atoms with van der Waals surface area (Å²) in [5, 5.41) is 18.2. The lowest BCUT2D eigenvalue weighted by molar-refractivity contribution is 0.0950. The highest BCUT2D eigenvalue weighted by Crippen LogP contribution is 2.27. The summed E-state index contributed by atoms with van der Waals surface area (Å²) < 4.78 is 1.88. The molecule has 33 heavy (non-hydrogen) atoms. The normalized spacial score (nSPS) is 11.3. The summed E-state index contributed by atoms with van der Waals surface area (Å²) in [5.41, 5.74) is 8.15. The molecular weight excluding hydrogens is 412 g/mol. The van der Waals surface area contributed by atoms with Gasteiger partial charge in [-0.1, -0.05) is 60.7 Å². The monoisotopic (exact) mass is 434 g/mol. The molecule has 0 unspecified atom stereocenters. The van der Waals surface area contributed by atoms with Crippen LogP contribution in [-0.2, 0) is 0 Å². The third-order valence-corrected chi connectivity index (χ3v) is 5.56. The molecule has 1 amide bonds. The van der Waals surface area contributed by atoms with Crippen molar-refractivity contribution in [3.05, 3.63) is 102 Å². The molecule has 0 fully saturated rings. The highest BCUT2D eigenvalue weighted by Gasteiger charge is 2.18. The Morgan fingerprint density at radius 3 is 2.61 bits per heavy atom. The number of benzene rings is 3. The number of aromatic nitrogens is 4. The second-order valence-corrected chi connectivity index (χ2v) is 7.73. The lowest BCUT2D eigenvalue weighted by Gasteiger charge is -2.04. The molecule has 0 aliphatic heterocycles. The van der Waals surface area contributed by atoms with Crippen LogP contribution in [0, 0.1) is 13.8 Å². The van der Waals surface area contributed by atoms with E-state index in [0.29, 0.717) is 11.4 Å². The average Bonchev–Trinajstić information content (AvgIpc) is 3.44. The molecule has 7 heteroatoms. The fraction of sp³-hybridized carbons (Fsp3) is 0.0769. The zero-order valence-corrected chi connectivity index (χ0v) is 18.3. The predicted molar refractivity (Wildman–Crippen MR) is 130 cm³/mol. The number of carbonyl (C=O) groups is 1. The van der Waals surface area contributed by atoms with E-state index in [1.165, 1.54) is 0 Å². The Kier molecular flexibility index (Phi) is 5.28. The predicted octanol–water partition coefficient (Wildman–Crippen LogP) is 4.80. The van der Waals surface area contributed by atoms with Crippen LogP contribution < -0.4 is 5.43 Å². The molecule has 0 atom stereocenters. The van der Waals surface area contributed by atoms with Gasteiger partial charge in [0.2, 0.25) is 0 Å². The molecule has 2 heterocycles. The molecule has 0 spiro atoms. The Hall–Kier alpha value is -4.52. The standard InChI is InChI=1S/C26H22N6O/c1-17-25(18(2)32(31-17)21-12-4-3-5-13-21)23-15-24(29-28-23)26(33)30-27-16-20-11-8-10-19-9-6-7-14-22(19)20/h3-16H,1-2H3,(H,28,29)(H,30,33). The van der Waals surface area contributed by atoms with Crippen LogP contribution in [0.4, 0.5) is 0 Å². The van der Waals surface area contributed by atoms with Gasteiger partial charge in [0.1, 0.15) is 5.69 Å². The molecule has 2 N–H and O–H groups in total. The maximum absolute atomic E-state index is 12.6. The van der Waals surface area contributed by atoms with Crippen LogP contribution >= 0.6 is 0 Å². The maximum Gasteiger partial charge on any atom is 0.289 e. The van der Waals surface area contributed by atoms with E-state index in [0.717, 1.165) is 39.0 Å². The number of para-hydroxylation sites is 1. The van der Waals surface area contributed by atoms with Crippen molar-refractivity contribution in [1.29, 1.82) is 0 Å². The van der Waals surface area contributed by atoms with Crippen molar-refractivity contribution in [3.8, 4) is 16.9 Å². The molecule has 0 saturated carbocycles. The number of nitrogens with zero attached hydrogens (tertiary/aromatic N) is 4. The Labute approximate surface area is 190 Å². The van der Waals surface area contributed by atoms with E-state index in [9.17, 15) is 4.79 Å². The smallest absolute Gasteiger partial charge is 0.272 e.